The van der Waals surface area contributed by atoms with Gasteiger partial charge < -0.3 is 4.90 Å². The number of aldehydes is 1. The summed E-state index contributed by atoms with van der Waals surface area (Å²) < 4.78 is 0. The molecule has 0 spiro atoms. The lowest BCUT2D eigenvalue weighted by atomic mass is 10.1. The van der Waals surface area contributed by atoms with Crippen LogP contribution < -0.4 is 4.90 Å². The Bertz CT molecular complexity index is 554. The number of nitrogens with zero attached hydrogens (tertiary/aromatic N) is 1. The summed E-state index contributed by atoms with van der Waals surface area (Å²) in [5.74, 6) is 0. The van der Waals surface area contributed by atoms with Crippen molar-refractivity contribution in [1.29, 1.82) is 0 Å². The Hall–Kier alpha value is -1.80. The van der Waals surface area contributed by atoms with Gasteiger partial charge in [-0.2, -0.15) is 0 Å². The molecule has 0 aliphatic heterocycles. The van der Waals surface area contributed by atoms with Gasteiger partial charge in [-0.25, -0.2) is 0 Å². The lowest BCUT2D eigenvalue weighted by Gasteiger charge is -2.21. The highest BCUT2D eigenvalue weighted by Crippen LogP contribution is 2.23. The number of anilines is 1. The number of benzene rings is 2. The summed E-state index contributed by atoms with van der Waals surface area (Å²) in [4.78, 5) is 13.1. The van der Waals surface area contributed by atoms with Crippen LogP contribution in [0.4, 0.5) is 5.69 Å². The molecule has 0 saturated carbocycles. The molecule has 98 valence electrons. The molecule has 0 aromatic heterocycles. The number of hydrogen-bond acceptors (Lipinski definition) is 2. The van der Waals surface area contributed by atoms with E-state index in [2.05, 4.69) is 17.0 Å². The summed E-state index contributed by atoms with van der Waals surface area (Å²) in [6.45, 7) is 0.838. The molecule has 0 heterocycles. The zero-order chi connectivity index (χ0) is 13.7. The Balaban J connectivity index is 2.09. The second-order valence-electron chi connectivity index (χ2n) is 4.48. The molecule has 0 N–H and O–H groups in total. The maximum atomic E-state index is 11.0. The normalized spacial score (nSPS) is 10.2. The van der Waals surface area contributed by atoms with Crippen LogP contribution in [0.15, 0.2) is 48.5 Å². The Morgan fingerprint density at radius 2 is 1.89 bits per heavy atom. The molecule has 0 radical (unpaired) electrons. The first-order chi connectivity index (χ1) is 9.20. The number of halogens is 1. The third-order valence-corrected chi connectivity index (χ3v) is 3.34. The van der Waals surface area contributed by atoms with Gasteiger partial charge in [0, 0.05) is 29.9 Å². The minimum Gasteiger partial charge on any atom is -0.374 e. The Kier molecular flexibility index (Phi) is 4.58. The number of hydrogen-bond donors (Lipinski definition) is 0. The van der Waals surface area contributed by atoms with Crippen LogP contribution in [0, 0.1) is 0 Å². The smallest absolute Gasteiger partial charge is 0.152 e. The molecule has 0 aliphatic carbocycles. The van der Waals surface area contributed by atoms with Gasteiger partial charge >= 0.3 is 0 Å². The molecule has 2 aromatic rings. The highest BCUT2D eigenvalue weighted by molar-refractivity contribution is 6.31. The standard InChI is InChI=1S/C16H16ClNO/c1-18(10-9-13-5-3-2-4-6-13)16-11-15(17)8-7-14(16)12-19/h2-8,11-12H,9-10H2,1H3. The number of carbonyl (C=O) groups is 1. The van der Waals surface area contributed by atoms with Crippen molar-refractivity contribution in [3.8, 4) is 0 Å². The Labute approximate surface area is 118 Å². The van der Waals surface area contributed by atoms with E-state index in [1.165, 1.54) is 5.56 Å². The van der Waals surface area contributed by atoms with Crippen molar-refractivity contribution in [1.82, 2.24) is 0 Å². The average molecular weight is 274 g/mol. The van der Waals surface area contributed by atoms with Crippen molar-refractivity contribution in [3.63, 3.8) is 0 Å². The number of carbonyl (C=O) groups excluding carboxylic acids is 1. The monoisotopic (exact) mass is 273 g/mol. The largest absolute Gasteiger partial charge is 0.374 e. The summed E-state index contributed by atoms with van der Waals surface area (Å²) >= 11 is 5.99. The van der Waals surface area contributed by atoms with E-state index >= 15 is 0 Å². The van der Waals surface area contributed by atoms with Crippen LogP contribution >= 0.6 is 11.6 Å². The van der Waals surface area contributed by atoms with Crippen molar-refractivity contribution in [2.24, 2.45) is 0 Å². The SMILES string of the molecule is CN(CCc1ccccc1)c1cc(Cl)ccc1C=O. The minimum atomic E-state index is 0.646. The van der Waals surface area contributed by atoms with Crippen LogP contribution in [0.3, 0.4) is 0 Å². The lowest BCUT2D eigenvalue weighted by molar-refractivity contribution is 0.112. The highest BCUT2D eigenvalue weighted by atomic mass is 35.5. The van der Waals surface area contributed by atoms with Crippen molar-refractivity contribution < 1.29 is 4.79 Å². The first-order valence-electron chi connectivity index (χ1n) is 6.20. The molecular weight excluding hydrogens is 258 g/mol. The highest BCUT2D eigenvalue weighted by Gasteiger charge is 2.07. The maximum Gasteiger partial charge on any atom is 0.152 e. The third-order valence-electron chi connectivity index (χ3n) is 3.11. The maximum absolute atomic E-state index is 11.0. The van der Waals surface area contributed by atoms with E-state index in [1.807, 2.05) is 31.3 Å². The number of likely N-dealkylation sites (N-methyl/N-ethyl adjacent to an activating group) is 1. The van der Waals surface area contributed by atoms with E-state index in [4.69, 9.17) is 11.6 Å². The Morgan fingerprint density at radius 3 is 2.58 bits per heavy atom. The summed E-state index contributed by atoms with van der Waals surface area (Å²) in [6.07, 6.45) is 1.80. The van der Waals surface area contributed by atoms with Gasteiger partial charge in [-0.05, 0) is 30.2 Å². The quantitative estimate of drug-likeness (QED) is 0.772. The molecule has 0 fully saturated rings. The van der Waals surface area contributed by atoms with Crippen LogP contribution in [-0.2, 0) is 6.42 Å². The van der Waals surface area contributed by atoms with Crippen LogP contribution in [0.25, 0.3) is 0 Å². The molecule has 2 rings (SSSR count). The van der Waals surface area contributed by atoms with Crippen LogP contribution in [0.1, 0.15) is 15.9 Å². The predicted octanol–water partition coefficient (Wildman–Crippen LogP) is 3.83. The molecule has 3 heteroatoms. The molecule has 2 aromatic carbocycles. The molecule has 0 atom stereocenters. The van der Waals surface area contributed by atoms with E-state index in [-0.39, 0.29) is 0 Å². The molecule has 0 unspecified atom stereocenters. The predicted molar refractivity (Wildman–Crippen MR) is 80.3 cm³/mol. The summed E-state index contributed by atoms with van der Waals surface area (Å²) in [5.41, 5.74) is 2.82. The minimum absolute atomic E-state index is 0.646. The van der Waals surface area contributed by atoms with Crippen molar-refractivity contribution in [2.45, 2.75) is 6.42 Å². The molecule has 0 aliphatic rings. The summed E-state index contributed by atoms with van der Waals surface area (Å²) in [7, 11) is 1.97. The first kappa shape index (κ1) is 13.6. The average Bonchev–Trinajstić information content (AvgIpc) is 2.46. The van der Waals surface area contributed by atoms with Gasteiger partial charge in [-0.3, -0.25) is 4.79 Å². The van der Waals surface area contributed by atoms with E-state index in [9.17, 15) is 4.79 Å². The van der Waals surface area contributed by atoms with E-state index in [0.29, 0.717) is 10.6 Å². The zero-order valence-corrected chi connectivity index (χ0v) is 11.6. The fraction of sp³-hybridized carbons (Fsp3) is 0.188. The zero-order valence-electron chi connectivity index (χ0n) is 10.8. The second-order valence-corrected chi connectivity index (χ2v) is 4.91. The van der Waals surface area contributed by atoms with Gasteiger partial charge in [0.15, 0.2) is 6.29 Å². The Morgan fingerprint density at radius 1 is 1.16 bits per heavy atom. The summed E-state index contributed by atoms with van der Waals surface area (Å²) in [5, 5.41) is 0.646. The van der Waals surface area contributed by atoms with Gasteiger partial charge in [-0.1, -0.05) is 41.9 Å². The van der Waals surface area contributed by atoms with Crippen molar-refractivity contribution in [3.05, 3.63) is 64.7 Å². The fourth-order valence-electron chi connectivity index (χ4n) is 2.01. The van der Waals surface area contributed by atoms with E-state index < -0.39 is 0 Å². The molecule has 0 amide bonds. The van der Waals surface area contributed by atoms with Gasteiger partial charge in [0.05, 0.1) is 0 Å². The first-order valence-corrected chi connectivity index (χ1v) is 6.58. The van der Waals surface area contributed by atoms with E-state index in [0.717, 1.165) is 24.9 Å². The molecule has 0 saturated heterocycles. The summed E-state index contributed by atoms with van der Waals surface area (Å²) in [6, 6.07) is 15.6. The van der Waals surface area contributed by atoms with Crippen molar-refractivity contribution >= 4 is 23.6 Å². The topological polar surface area (TPSA) is 20.3 Å². The van der Waals surface area contributed by atoms with Crippen LogP contribution in [0.2, 0.25) is 5.02 Å². The molecular formula is C16H16ClNO. The van der Waals surface area contributed by atoms with Gasteiger partial charge in [-0.15, -0.1) is 0 Å². The fourth-order valence-corrected chi connectivity index (χ4v) is 2.18. The van der Waals surface area contributed by atoms with Crippen LogP contribution in [-0.4, -0.2) is 19.9 Å². The third kappa shape index (κ3) is 3.58. The molecule has 19 heavy (non-hydrogen) atoms. The second kappa shape index (κ2) is 6.39. The van der Waals surface area contributed by atoms with Crippen LogP contribution in [0.5, 0.6) is 0 Å². The van der Waals surface area contributed by atoms with Gasteiger partial charge in [0.2, 0.25) is 0 Å². The number of rotatable bonds is 5. The van der Waals surface area contributed by atoms with Gasteiger partial charge in [0.25, 0.3) is 0 Å². The lowest BCUT2D eigenvalue weighted by Crippen LogP contribution is -2.21. The molecule has 0 bridgehead atoms. The van der Waals surface area contributed by atoms with Crippen molar-refractivity contribution in [2.75, 3.05) is 18.5 Å². The van der Waals surface area contributed by atoms with E-state index in [1.54, 1.807) is 12.1 Å². The van der Waals surface area contributed by atoms with Gasteiger partial charge in [0.1, 0.15) is 0 Å². The molecule has 2 nitrogen and oxygen atoms in total.